The fourth-order valence-electron chi connectivity index (χ4n) is 2.32. The van der Waals surface area contributed by atoms with Gasteiger partial charge in [-0.1, -0.05) is 12.1 Å². The second-order valence-corrected chi connectivity index (χ2v) is 4.81. The monoisotopic (exact) mass is 272 g/mol. The maximum Gasteiger partial charge on any atom is 0.251 e. The number of nitrogens with zero attached hydrogens (tertiary/aromatic N) is 3. The van der Waals surface area contributed by atoms with Crippen LogP contribution in [0.5, 0.6) is 0 Å². The van der Waals surface area contributed by atoms with Gasteiger partial charge < -0.3 is 10.6 Å². The third-order valence-corrected chi connectivity index (χ3v) is 3.40. The smallest absolute Gasteiger partial charge is 0.251 e. The van der Waals surface area contributed by atoms with Gasteiger partial charge in [-0.15, -0.1) is 10.2 Å². The average Bonchev–Trinajstić information content (AvgIpc) is 3.03. The predicted molar refractivity (Wildman–Crippen MR) is 73.0 cm³/mol. The fraction of sp³-hybridized carbons (Fsp3) is 0.385. The minimum Gasteiger partial charge on any atom is -0.349 e. The summed E-state index contributed by atoms with van der Waals surface area (Å²) in [6.45, 7) is 1.90. The van der Waals surface area contributed by atoms with Crippen molar-refractivity contribution < 1.29 is 4.79 Å². The van der Waals surface area contributed by atoms with Crippen molar-refractivity contribution in [3.05, 3.63) is 29.8 Å². The average molecular weight is 272 g/mol. The summed E-state index contributed by atoms with van der Waals surface area (Å²) in [5.74, 6) is 0.434. The van der Waals surface area contributed by atoms with Gasteiger partial charge in [-0.05, 0) is 43.3 Å². The molecule has 0 atom stereocenters. The molecule has 3 rings (SSSR count). The zero-order valence-electron chi connectivity index (χ0n) is 11.0. The summed E-state index contributed by atoms with van der Waals surface area (Å²) < 4.78 is 0. The maximum atomic E-state index is 12.2. The van der Waals surface area contributed by atoms with E-state index in [0.717, 1.165) is 31.5 Å². The topological polar surface area (TPSA) is 95.6 Å². The summed E-state index contributed by atoms with van der Waals surface area (Å²) in [6.07, 6.45) is 1.94. The number of tetrazole rings is 1. The first kappa shape index (κ1) is 12.7. The minimum atomic E-state index is -0.0535. The van der Waals surface area contributed by atoms with E-state index in [-0.39, 0.29) is 11.9 Å². The molecule has 1 fully saturated rings. The molecule has 0 saturated carbocycles. The summed E-state index contributed by atoms with van der Waals surface area (Å²) in [5.41, 5.74) is 1.39. The van der Waals surface area contributed by atoms with Gasteiger partial charge in [0.15, 0.2) is 0 Å². The lowest BCUT2D eigenvalue weighted by molar-refractivity contribution is 0.0929. The molecule has 3 N–H and O–H groups in total. The van der Waals surface area contributed by atoms with Gasteiger partial charge in [-0.25, -0.2) is 0 Å². The molecule has 1 amide bonds. The van der Waals surface area contributed by atoms with Crippen molar-refractivity contribution in [2.24, 2.45) is 0 Å². The molecule has 0 radical (unpaired) electrons. The highest BCUT2D eigenvalue weighted by Gasteiger charge is 2.16. The Kier molecular flexibility index (Phi) is 3.69. The summed E-state index contributed by atoms with van der Waals surface area (Å²) in [5, 5.41) is 20.1. The lowest BCUT2D eigenvalue weighted by Crippen LogP contribution is -2.42. The lowest BCUT2D eigenvalue weighted by atomic mass is 10.1. The number of rotatable bonds is 3. The molecule has 2 heterocycles. The van der Waals surface area contributed by atoms with Gasteiger partial charge in [0, 0.05) is 17.2 Å². The van der Waals surface area contributed by atoms with Gasteiger partial charge in [0.25, 0.3) is 5.91 Å². The Morgan fingerprint density at radius 1 is 1.30 bits per heavy atom. The molecule has 20 heavy (non-hydrogen) atoms. The number of H-pyrrole nitrogens is 1. The highest BCUT2D eigenvalue weighted by Crippen LogP contribution is 2.15. The molecule has 1 saturated heterocycles. The molecule has 2 aromatic rings. The van der Waals surface area contributed by atoms with Gasteiger partial charge in [-0.2, -0.15) is 5.21 Å². The highest BCUT2D eigenvalue weighted by molar-refractivity contribution is 5.95. The Morgan fingerprint density at radius 3 is 2.90 bits per heavy atom. The lowest BCUT2D eigenvalue weighted by Gasteiger charge is -2.23. The Hall–Kier alpha value is -2.28. The van der Waals surface area contributed by atoms with Crippen molar-refractivity contribution in [2.45, 2.75) is 18.9 Å². The molecular formula is C13H16N6O. The van der Waals surface area contributed by atoms with Crippen LogP contribution in [0.25, 0.3) is 11.4 Å². The molecule has 7 heteroatoms. The Balaban J connectivity index is 1.73. The van der Waals surface area contributed by atoms with E-state index >= 15 is 0 Å². The largest absolute Gasteiger partial charge is 0.349 e. The number of carbonyl (C=O) groups excluding carboxylic acids is 1. The molecular weight excluding hydrogens is 256 g/mol. The fourth-order valence-corrected chi connectivity index (χ4v) is 2.32. The van der Waals surface area contributed by atoms with Gasteiger partial charge >= 0.3 is 0 Å². The number of amides is 1. The number of aromatic nitrogens is 4. The van der Waals surface area contributed by atoms with Crippen LogP contribution < -0.4 is 10.6 Å². The molecule has 0 spiro atoms. The standard InChI is InChI=1S/C13H16N6O/c20-13(15-11-4-6-14-7-5-11)10-3-1-2-9(8-10)12-16-18-19-17-12/h1-3,8,11,14H,4-7H2,(H,15,20)(H,16,17,18,19). The summed E-state index contributed by atoms with van der Waals surface area (Å²) in [4.78, 5) is 12.2. The van der Waals surface area contributed by atoms with Crippen LogP contribution in [0.15, 0.2) is 24.3 Å². The first-order valence-electron chi connectivity index (χ1n) is 6.68. The van der Waals surface area contributed by atoms with Crippen molar-refractivity contribution in [1.82, 2.24) is 31.3 Å². The molecule has 1 aliphatic heterocycles. The van der Waals surface area contributed by atoms with E-state index in [0.29, 0.717) is 11.4 Å². The number of carbonyl (C=O) groups is 1. The van der Waals surface area contributed by atoms with E-state index in [1.54, 1.807) is 12.1 Å². The van der Waals surface area contributed by atoms with Crippen molar-refractivity contribution in [1.29, 1.82) is 0 Å². The molecule has 0 unspecified atom stereocenters. The zero-order chi connectivity index (χ0) is 13.8. The van der Waals surface area contributed by atoms with E-state index in [1.807, 2.05) is 12.1 Å². The molecule has 0 aliphatic carbocycles. The van der Waals surface area contributed by atoms with E-state index in [4.69, 9.17) is 0 Å². The normalized spacial score (nSPS) is 16.0. The first-order chi connectivity index (χ1) is 9.83. The van der Waals surface area contributed by atoms with Gasteiger partial charge in [-0.3, -0.25) is 4.79 Å². The van der Waals surface area contributed by atoms with Crippen LogP contribution in [0.1, 0.15) is 23.2 Å². The van der Waals surface area contributed by atoms with Crippen LogP contribution in [-0.4, -0.2) is 45.7 Å². The quantitative estimate of drug-likeness (QED) is 0.749. The first-order valence-corrected chi connectivity index (χ1v) is 6.68. The highest BCUT2D eigenvalue weighted by atomic mass is 16.1. The summed E-state index contributed by atoms with van der Waals surface area (Å²) in [7, 11) is 0. The SMILES string of the molecule is O=C(NC1CCNCC1)c1cccc(-c2nn[nH]n2)c1. The van der Waals surface area contributed by atoms with Gasteiger partial charge in [0.1, 0.15) is 0 Å². The van der Waals surface area contributed by atoms with Crippen LogP contribution in [0, 0.1) is 0 Å². The van der Waals surface area contributed by atoms with Crippen LogP contribution in [0.3, 0.4) is 0 Å². The second-order valence-electron chi connectivity index (χ2n) is 4.81. The Morgan fingerprint density at radius 2 is 2.15 bits per heavy atom. The van der Waals surface area contributed by atoms with Crippen LogP contribution >= 0.6 is 0 Å². The number of benzene rings is 1. The third-order valence-electron chi connectivity index (χ3n) is 3.40. The van der Waals surface area contributed by atoms with E-state index in [9.17, 15) is 4.79 Å². The van der Waals surface area contributed by atoms with E-state index in [2.05, 4.69) is 31.3 Å². The molecule has 7 nitrogen and oxygen atoms in total. The summed E-state index contributed by atoms with van der Waals surface area (Å²) in [6, 6.07) is 7.49. The predicted octanol–water partition coefficient (Wildman–Crippen LogP) is 0.348. The number of nitrogens with one attached hydrogen (secondary N) is 3. The minimum absolute atomic E-state index is 0.0535. The Labute approximate surface area is 116 Å². The molecule has 104 valence electrons. The number of aromatic amines is 1. The van der Waals surface area contributed by atoms with E-state index in [1.165, 1.54) is 0 Å². The molecule has 1 aliphatic rings. The number of piperidine rings is 1. The van der Waals surface area contributed by atoms with Gasteiger partial charge in [0.2, 0.25) is 5.82 Å². The van der Waals surface area contributed by atoms with E-state index < -0.39 is 0 Å². The van der Waals surface area contributed by atoms with Gasteiger partial charge in [0.05, 0.1) is 0 Å². The zero-order valence-corrected chi connectivity index (χ0v) is 11.0. The van der Waals surface area contributed by atoms with Crippen molar-refractivity contribution in [3.63, 3.8) is 0 Å². The van der Waals surface area contributed by atoms with Crippen LogP contribution in [0.4, 0.5) is 0 Å². The van der Waals surface area contributed by atoms with Crippen molar-refractivity contribution in [3.8, 4) is 11.4 Å². The third kappa shape index (κ3) is 2.83. The Bertz CT molecular complexity index is 576. The van der Waals surface area contributed by atoms with Crippen LogP contribution in [0.2, 0.25) is 0 Å². The maximum absolute atomic E-state index is 12.2. The van der Waals surface area contributed by atoms with Crippen LogP contribution in [-0.2, 0) is 0 Å². The number of hydrogen-bond donors (Lipinski definition) is 3. The molecule has 0 bridgehead atoms. The second kappa shape index (κ2) is 5.79. The van der Waals surface area contributed by atoms with Crippen molar-refractivity contribution in [2.75, 3.05) is 13.1 Å². The number of hydrogen-bond acceptors (Lipinski definition) is 5. The van der Waals surface area contributed by atoms with Crippen molar-refractivity contribution >= 4 is 5.91 Å². The molecule has 1 aromatic heterocycles. The summed E-state index contributed by atoms with van der Waals surface area (Å²) >= 11 is 0. The molecule has 1 aromatic carbocycles.